The van der Waals surface area contributed by atoms with Crippen molar-refractivity contribution in [3.8, 4) is 0 Å². The van der Waals surface area contributed by atoms with Gasteiger partial charge in [-0.2, -0.15) is 0 Å². The summed E-state index contributed by atoms with van der Waals surface area (Å²) >= 11 is 6.43. The third kappa shape index (κ3) is 3.73. The van der Waals surface area contributed by atoms with E-state index in [0.29, 0.717) is 10.7 Å². The van der Waals surface area contributed by atoms with Crippen molar-refractivity contribution in [2.45, 2.75) is 25.3 Å². The van der Waals surface area contributed by atoms with Gasteiger partial charge in [-0.15, -0.1) is 0 Å². The van der Waals surface area contributed by atoms with Gasteiger partial charge in [-0.05, 0) is 31.5 Å². The number of nitrogen functional groups attached to an aromatic ring is 1. The predicted octanol–water partition coefficient (Wildman–Crippen LogP) is 3.65. The fourth-order valence-corrected chi connectivity index (χ4v) is 3.86. The molecule has 1 fully saturated rings. The van der Waals surface area contributed by atoms with Crippen LogP contribution in [0.15, 0.2) is 30.3 Å². The van der Waals surface area contributed by atoms with Gasteiger partial charge in [-0.3, -0.25) is 15.0 Å². The number of pyridine rings is 1. The first-order valence-electron chi connectivity index (χ1n) is 8.58. The van der Waals surface area contributed by atoms with Gasteiger partial charge in [0.2, 0.25) is 5.82 Å². The Morgan fingerprint density at radius 3 is 2.58 bits per heavy atom. The summed E-state index contributed by atoms with van der Waals surface area (Å²) in [5, 5.41) is 14.3. The van der Waals surface area contributed by atoms with Crippen LogP contribution in [-0.2, 0) is 6.54 Å². The maximum atomic E-state index is 11.2. The third-order valence-corrected chi connectivity index (χ3v) is 5.20. The molecule has 138 valence electrons. The monoisotopic (exact) mass is 375 g/mol. The van der Waals surface area contributed by atoms with E-state index in [1.165, 1.54) is 5.56 Å². The molecule has 2 heterocycles. The summed E-state index contributed by atoms with van der Waals surface area (Å²) in [6.45, 7) is 2.76. The first-order valence-corrected chi connectivity index (χ1v) is 8.96. The topological polar surface area (TPSA) is 97.3 Å². The second kappa shape index (κ2) is 7.88. The normalized spacial score (nSPS) is 15.8. The van der Waals surface area contributed by atoms with E-state index in [1.54, 1.807) is 7.05 Å². The molecule has 1 aliphatic rings. The van der Waals surface area contributed by atoms with Crippen LogP contribution in [0.2, 0.25) is 5.02 Å². The number of hydrogen-bond donors (Lipinski definition) is 2. The molecule has 1 saturated heterocycles. The number of nitrogens with two attached hydrogens (primary N) is 1. The van der Waals surface area contributed by atoms with Gasteiger partial charge in [-0.25, -0.2) is 4.98 Å². The minimum Gasteiger partial charge on any atom is -0.381 e. The fraction of sp³-hybridized carbons (Fsp3) is 0.389. The Balaban J connectivity index is 1.75. The standard InChI is InChI=1S/C18H22ClN5O2/c1-21-16-14(19)15(22-18(20)17(16)24(25)26)13-7-9-23(10-8-13)11-12-5-3-2-4-6-12/h2-6,13H,7-11H2,1H3,(H3,20,21,22). The Morgan fingerprint density at radius 2 is 2.00 bits per heavy atom. The van der Waals surface area contributed by atoms with E-state index in [0.717, 1.165) is 32.5 Å². The first kappa shape index (κ1) is 18.4. The highest BCUT2D eigenvalue weighted by atomic mass is 35.5. The molecule has 0 aliphatic carbocycles. The number of piperidine rings is 1. The average Bonchev–Trinajstić information content (AvgIpc) is 2.64. The van der Waals surface area contributed by atoms with Crippen LogP contribution in [0, 0.1) is 10.1 Å². The molecular formula is C18H22ClN5O2. The summed E-state index contributed by atoms with van der Waals surface area (Å²) in [4.78, 5) is 17.4. The van der Waals surface area contributed by atoms with E-state index in [9.17, 15) is 10.1 Å². The summed E-state index contributed by atoms with van der Waals surface area (Å²) in [5.74, 6) is 0.0511. The van der Waals surface area contributed by atoms with Crippen LogP contribution >= 0.6 is 11.6 Å². The number of likely N-dealkylation sites (tertiary alicyclic amines) is 1. The molecule has 0 atom stereocenters. The van der Waals surface area contributed by atoms with Crippen LogP contribution in [0.3, 0.4) is 0 Å². The largest absolute Gasteiger partial charge is 0.381 e. The molecule has 1 aromatic carbocycles. The Labute approximate surface area is 157 Å². The van der Waals surface area contributed by atoms with Crippen LogP contribution in [0.25, 0.3) is 0 Å². The number of benzene rings is 1. The molecule has 7 nitrogen and oxygen atoms in total. The highest BCUT2D eigenvalue weighted by Crippen LogP contribution is 2.42. The van der Waals surface area contributed by atoms with Gasteiger partial charge in [-0.1, -0.05) is 41.9 Å². The van der Waals surface area contributed by atoms with Crippen molar-refractivity contribution in [2.75, 3.05) is 31.2 Å². The van der Waals surface area contributed by atoms with E-state index in [1.807, 2.05) is 18.2 Å². The summed E-state index contributed by atoms with van der Waals surface area (Å²) in [6.07, 6.45) is 1.78. The van der Waals surface area contributed by atoms with Crippen molar-refractivity contribution in [2.24, 2.45) is 0 Å². The van der Waals surface area contributed by atoms with Crippen molar-refractivity contribution in [1.82, 2.24) is 9.88 Å². The molecule has 1 aliphatic heterocycles. The summed E-state index contributed by atoms with van der Waals surface area (Å²) in [6, 6.07) is 10.4. The number of nitro groups is 1. The zero-order valence-corrected chi connectivity index (χ0v) is 15.4. The Bertz CT molecular complexity index is 792. The molecule has 3 rings (SSSR count). The van der Waals surface area contributed by atoms with Gasteiger partial charge < -0.3 is 11.1 Å². The SMILES string of the molecule is CNc1c(Cl)c(C2CCN(Cc3ccccc3)CC2)nc(N)c1[N+](=O)[O-]. The zero-order valence-electron chi connectivity index (χ0n) is 14.6. The van der Waals surface area contributed by atoms with Crippen molar-refractivity contribution in [1.29, 1.82) is 0 Å². The molecule has 0 radical (unpaired) electrons. The number of aromatic nitrogens is 1. The van der Waals surface area contributed by atoms with Crippen LogP contribution in [0.4, 0.5) is 17.2 Å². The van der Waals surface area contributed by atoms with E-state index in [4.69, 9.17) is 17.3 Å². The molecule has 0 saturated carbocycles. The average molecular weight is 376 g/mol. The minimum atomic E-state index is -0.549. The maximum absolute atomic E-state index is 11.2. The molecule has 0 amide bonds. The van der Waals surface area contributed by atoms with Gasteiger partial charge in [0.15, 0.2) is 0 Å². The van der Waals surface area contributed by atoms with Crippen LogP contribution in [0.1, 0.15) is 30.0 Å². The fourth-order valence-electron chi connectivity index (χ4n) is 3.48. The van der Waals surface area contributed by atoms with Gasteiger partial charge >= 0.3 is 5.69 Å². The number of hydrogen-bond acceptors (Lipinski definition) is 6. The summed E-state index contributed by atoms with van der Waals surface area (Å²) < 4.78 is 0. The molecule has 3 N–H and O–H groups in total. The van der Waals surface area contributed by atoms with Crippen LogP contribution < -0.4 is 11.1 Å². The molecule has 1 aromatic heterocycles. The molecule has 2 aromatic rings. The molecule has 8 heteroatoms. The molecular weight excluding hydrogens is 354 g/mol. The van der Waals surface area contributed by atoms with Gasteiger partial charge in [0.25, 0.3) is 0 Å². The summed E-state index contributed by atoms with van der Waals surface area (Å²) in [7, 11) is 1.60. The van der Waals surface area contributed by atoms with Gasteiger partial charge in [0, 0.05) is 19.5 Å². The summed E-state index contributed by atoms with van der Waals surface area (Å²) in [5.41, 5.74) is 7.76. The third-order valence-electron chi connectivity index (χ3n) is 4.82. The van der Waals surface area contributed by atoms with E-state index >= 15 is 0 Å². The molecule has 0 spiro atoms. The zero-order chi connectivity index (χ0) is 18.7. The lowest BCUT2D eigenvalue weighted by Gasteiger charge is -2.32. The minimum absolute atomic E-state index is 0.0922. The number of rotatable bonds is 5. The van der Waals surface area contributed by atoms with Crippen molar-refractivity contribution >= 4 is 28.8 Å². The Hall–Kier alpha value is -2.38. The number of nitrogens with zero attached hydrogens (tertiary/aromatic N) is 3. The van der Waals surface area contributed by atoms with Crippen molar-refractivity contribution < 1.29 is 4.92 Å². The lowest BCUT2D eigenvalue weighted by molar-refractivity contribution is -0.383. The van der Waals surface area contributed by atoms with E-state index in [2.05, 4.69) is 27.3 Å². The Morgan fingerprint density at radius 1 is 1.35 bits per heavy atom. The van der Waals surface area contributed by atoms with Crippen LogP contribution in [0.5, 0.6) is 0 Å². The number of nitrogens with one attached hydrogen (secondary N) is 1. The number of halogens is 1. The highest BCUT2D eigenvalue weighted by molar-refractivity contribution is 6.34. The van der Waals surface area contributed by atoms with Gasteiger partial charge in [0.05, 0.1) is 15.6 Å². The number of anilines is 2. The van der Waals surface area contributed by atoms with Gasteiger partial charge in [0.1, 0.15) is 5.69 Å². The molecule has 0 unspecified atom stereocenters. The molecule has 26 heavy (non-hydrogen) atoms. The predicted molar refractivity (Wildman–Crippen MR) is 104 cm³/mol. The van der Waals surface area contributed by atoms with E-state index in [-0.39, 0.29) is 23.1 Å². The quantitative estimate of drug-likeness (QED) is 0.611. The second-order valence-electron chi connectivity index (χ2n) is 6.46. The van der Waals surface area contributed by atoms with Crippen molar-refractivity contribution in [3.63, 3.8) is 0 Å². The first-order chi connectivity index (χ1) is 12.5. The van der Waals surface area contributed by atoms with Crippen LogP contribution in [-0.4, -0.2) is 34.9 Å². The molecule has 0 bridgehead atoms. The van der Waals surface area contributed by atoms with Crippen molar-refractivity contribution in [3.05, 3.63) is 56.7 Å². The Kier molecular flexibility index (Phi) is 5.58. The lowest BCUT2D eigenvalue weighted by atomic mass is 9.92. The van der Waals surface area contributed by atoms with E-state index < -0.39 is 4.92 Å². The maximum Gasteiger partial charge on any atom is 0.335 e. The smallest absolute Gasteiger partial charge is 0.335 e. The highest BCUT2D eigenvalue weighted by Gasteiger charge is 2.30. The second-order valence-corrected chi connectivity index (χ2v) is 6.84. The lowest BCUT2D eigenvalue weighted by Crippen LogP contribution is -2.32.